The maximum Gasteiger partial charge on any atom is 0.207 e. The summed E-state index contributed by atoms with van der Waals surface area (Å²) in [5, 5.41) is 34.6. The smallest absolute Gasteiger partial charge is 0.207 e. The second-order valence-electron chi connectivity index (χ2n) is 1.92. The first-order valence-electron chi connectivity index (χ1n) is 2.66. The van der Waals surface area contributed by atoms with Gasteiger partial charge in [0.2, 0.25) is 11.5 Å². The maximum absolute atomic E-state index is 12.3. The molecular formula is C6H5FO4. The fourth-order valence-corrected chi connectivity index (χ4v) is 0.603. The standard InChI is InChI=1S/C6H5FO4/c7-2-1-3(8)5(10)6(11)4(2)9/h1,8-11H. The van der Waals surface area contributed by atoms with Crippen LogP contribution < -0.4 is 0 Å². The van der Waals surface area contributed by atoms with Crippen LogP contribution in [0.5, 0.6) is 23.0 Å². The van der Waals surface area contributed by atoms with Crippen molar-refractivity contribution in [2.45, 2.75) is 0 Å². The molecule has 4 nitrogen and oxygen atoms in total. The molecule has 11 heavy (non-hydrogen) atoms. The number of benzene rings is 1. The third kappa shape index (κ3) is 1.000. The molecule has 0 saturated carbocycles. The van der Waals surface area contributed by atoms with Crippen molar-refractivity contribution in [3.05, 3.63) is 11.9 Å². The van der Waals surface area contributed by atoms with E-state index in [0.29, 0.717) is 6.07 Å². The van der Waals surface area contributed by atoms with E-state index in [1.165, 1.54) is 0 Å². The zero-order valence-corrected chi connectivity index (χ0v) is 5.24. The molecule has 1 aromatic carbocycles. The first-order chi connectivity index (χ1) is 5.04. The molecule has 0 radical (unpaired) electrons. The molecule has 5 heteroatoms. The summed E-state index contributed by atoms with van der Waals surface area (Å²) in [5.74, 6) is -5.11. The molecule has 0 unspecified atom stereocenters. The molecule has 4 N–H and O–H groups in total. The third-order valence-corrected chi connectivity index (χ3v) is 1.18. The van der Waals surface area contributed by atoms with E-state index in [0.717, 1.165) is 0 Å². The molecule has 1 aromatic rings. The van der Waals surface area contributed by atoms with Crippen LogP contribution in [0, 0.1) is 5.82 Å². The minimum absolute atomic E-state index is 0.490. The van der Waals surface area contributed by atoms with Gasteiger partial charge in [0.1, 0.15) is 0 Å². The number of phenols is 4. The van der Waals surface area contributed by atoms with E-state index >= 15 is 0 Å². The second kappa shape index (κ2) is 2.19. The molecule has 0 saturated heterocycles. The summed E-state index contributed by atoms with van der Waals surface area (Å²) in [6.45, 7) is 0. The number of halogens is 1. The number of aromatic hydroxyl groups is 4. The average Bonchev–Trinajstić information content (AvgIpc) is 1.97. The van der Waals surface area contributed by atoms with Gasteiger partial charge in [-0.3, -0.25) is 0 Å². The van der Waals surface area contributed by atoms with E-state index in [1.54, 1.807) is 0 Å². The van der Waals surface area contributed by atoms with Crippen molar-refractivity contribution in [2.75, 3.05) is 0 Å². The van der Waals surface area contributed by atoms with Gasteiger partial charge in [-0.15, -0.1) is 0 Å². The van der Waals surface area contributed by atoms with Crippen LogP contribution in [0.4, 0.5) is 4.39 Å². The Morgan fingerprint density at radius 1 is 0.909 bits per heavy atom. The van der Waals surface area contributed by atoms with Gasteiger partial charge >= 0.3 is 0 Å². The lowest BCUT2D eigenvalue weighted by Gasteiger charge is -2.02. The molecule has 0 spiro atoms. The van der Waals surface area contributed by atoms with Gasteiger partial charge in [-0.25, -0.2) is 4.39 Å². The molecule has 0 atom stereocenters. The third-order valence-electron chi connectivity index (χ3n) is 1.18. The van der Waals surface area contributed by atoms with Crippen molar-refractivity contribution >= 4 is 0 Å². The number of hydrogen-bond acceptors (Lipinski definition) is 4. The highest BCUT2D eigenvalue weighted by Gasteiger charge is 2.15. The highest BCUT2D eigenvalue weighted by atomic mass is 19.1. The van der Waals surface area contributed by atoms with Crippen LogP contribution in [0.15, 0.2) is 6.07 Å². The lowest BCUT2D eigenvalue weighted by molar-refractivity contribution is 0.332. The van der Waals surface area contributed by atoms with Gasteiger partial charge in [0.05, 0.1) is 0 Å². The predicted octanol–water partition coefficient (Wildman–Crippen LogP) is 0.648. The summed E-state index contributed by atoms with van der Waals surface area (Å²) in [4.78, 5) is 0. The normalized spacial score (nSPS) is 9.91. The Balaban J connectivity index is 3.46. The van der Waals surface area contributed by atoms with Crippen LogP contribution in [0.3, 0.4) is 0 Å². The quantitative estimate of drug-likeness (QED) is 0.331. The van der Waals surface area contributed by atoms with E-state index in [-0.39, 0.29) is 0 Å². The van der Waals surface area contributed by atoms with Crippen molar-refractivity contribution in [2.24, 2.45) is 0 Å². The summed E-state index contributed by atoms with van der Waals surface area (Å²) < 4.78 is 12.3. The molecule has 0 fully saturated rings. The Kier molecular flexibility index (Phi) is 1.48. The lowest BCUT2D eigenvalue weighted by atomic mass is 10.2. The summed E-state index contributed by atoms with van der Waals surface area (Å²) in [5.41, 5.74) is 0. The topological polar surface area (TPSA) is 80.9 Å². The van der Waals surface area contributed by atoms with Gasteiger partial charge in [-0.2, -0.15) is 0 Å². The summed E-state index contributed by atoms with van der Waals surface area (Å²) in [6.07, 6.45) is 0. The largest absolute Gasteiger partial charge is 0.504 e. The van der Waals surface area contributed by atoms with Crippen LogP contribution in [0.1, 0.15) is 0 Å². The van der Waals surface area contributed by atoms with Gasteiger partial charge in [0.25, 0.3) is 0 Å². The van der Waals surface area contributed by atoms with Crippen LogP contribution in [0.2, 0.25) is 0 Å². The zero-order valence-electron chi connectivity index (χ0n) is 5.24. The van der Waals surface area contributed by atoms with E-state index in [2.05, 4.69) is 0 Å². The summed E-state index contributed by atoms with van der Waals surface area (Å²) >= 11 is 0. The van der Waals surface area contributed by atoms with Crippen LogP contribution in [-0.4, -0.2) is 20.4 Å². The van der Waals surface area contributed by atoms with Crippen molar-refractivity contribution in [3.8, 4) is 23.0 Å². The number of hydrogen-bond donors (Lipinski definition) is 4. The molecule has 0 aliphatic heterocycles. The summed E-state index contributed by atoms with van der Waals surface area (Å²) in [7, 11) is 0. The van der Waals surface area contributed by atoms with E-state index < -0.39 is 28.8 Å². The molecule has 0 aliphatic rings. The molecule has 1 rings (SSSR count). The second-order valence-corrected chi connectivity index (χ2v) is 1.92. The lowest BCUT2D eigenvalue weighted by Crippen LogP contribution is -1.78. The molecule has 60 valence electrons. The molecule has 0 amide bonds. The van der Waals surface area contributed by atoms with Gasteiger partial charge in [0.15, 0.2) is 17.3 Å². The molecule has 0 aliphatic carbocycles. The van der Waals surface area contributed by atoms with E-state index in [4.69, 9.17) is 20.4 Å². The van der Waals surface area contributed by atoms with Crippen LogP contribution in [-0.2, 0) is 0 Å². The molecule has 0 aromatic heterocycles. The Labute approximate surface area is 60.8 Å². The van der Waals surface area contributed by atoms with Crippen molar-refractivity contribution in [1.29, 1.82) is 0 Å². The first-order valence-corrected chi connectivity index (χ1v) is 2.66. The van der Waals surface area contributed by atoms with Crippen molar-refractivity contribution in [1.82, 2.24) is 0 Å². The minimum Gasteiger partial charge on any atom is -0.504 e. The first kappa shape index (κ1) is 7.46. The maximum atomic E-state index is 12.3. The Hall–Kier alpha value is -1.65. The molecule has 0 heterocycles. The minimum atomic E-state index is -1.20. The zero-order chi connectivity index (χ0) is 8.59. The Morgan fingerprint density at radius 3 is 2.00 bits per heavy atom. The van der Waals surface area contributed by atoms with Crippen LogP contribution in [0.25, 0.3) is 0 Å². The number of rotatable bonds is 0. The van der Waals surface area contributed by atoms with Crippen molar-refractivity contribution < 1.29 is 24.8 Å². The van der Waals surface area contributed by atoms with E-state index in [9.17, 15) is 4.39 Å². The predicted molar refractivity (Wildman–Crippen MR) is 33.1 cm³/mol. The number of phenolic OH excluding ortho intramolecular Hbond substituents is 4. The summed E-state index contributed by atoms with van der Waals surface area (Å²) in [6, 6.07) is 0.490. The van der Waals surface area contributed by atoms with Gasteiger partial charge in [-0.1, -0.05) is 0 Å². The van der Waals surface area contributed by atoms with Gasteiger partial charge in [0, 0.05) is 6.07 Å². The van der Waals surface area contributed by atoms with Crippen LogP contribution >= 0.6 is 0 Å². The SMILES string of the molecule is Oc1cc(F)c(O)c(O)c1O. The highest BCUT2D eigenvalue weighted by Crippen LogP contribution is 2.42. The monoisotopic (exact) mass is 160 g/mol. The fourth-order valence-electron chi connectivity index (χ4n) is 0.603. The van der Waals surface area contributed by atoms with Gasteiger partial charge in [-0.05, 0) is 0 Å². The van der Waals surface area contributed by atoms with E-state index in [1.807, 2.05) is 0 Å². The van der Waals surface area contributed by atoms with Gasteiger partial charge < -0.3 is 20.4 Å². The molecular weight excluding hydrogens is 155 g/mol. The Bertz CT molecular complexity index is 271. The molecule has 0 bridgehead atoms. The average molecular weight is 160 g/mol. The highest BCUT2D eigenvalue weighted by molar-refractivity contribution is 5.56. The van der Waals surface area contributed by atoms with Crippen molar-refractivity contribution in [3.63, 3.8) is 0 Å². The Morgan fingerprint density at radius 2 is 1.45 bits per heavy atom. The fraction of sp³-hybridized carbons (Fsp3) is 0.